The highest BCUT2D eigenvalue weighted by molar-refractivity contribution is 7.17. The summed E-state index contributed by atoms with van der Waals surface area (Å²) in [6.45, 7) is 3.37. The molecule has 0 aliphatic heterocycles. The fraction of sp³-hybridized carbons (Fsp3) is 0.118. The van der Waals surface area contributed by atoms with Gasteiger partial charge in [-0.05, 0) is 17.7 Å². The smallest absolute Gasteiger partial charge is 0.204 e. The number of hydrogen-bond donors (Lipinski definition) is 1. The van der Waals surface area contributed by atoms with Gasteiger partial charge in [-0.3, -0.25) is 10.2 Å². The van der Waals surface area contributed by atoms with Gasteiger partial charge < -0.3 is 0 Å². The van der Waals surface area contributed by atoms with Crippen LogP contribution in [0.25, 0.3) is 10.8 Å². The molecule has 1 aromatic heterocycles. The molecule has 0 saturated heterocycles. The van der Waals surface area contributed by atoms with Gasteiger partial charge in [-0.1, -0.05) is 53.8 Å². The summed E-state index contributed by atoms with van der Waals surface area (Å²) < 4.78 is 0. The zero-order valence-electron chi connectivity index (χ0n) is 12.3. The molecule has 5 heteroatoms. The van der Waals surface area contributed by atoms with Crippen molar-refractivity contribution in [1.82, 2.24) is 4.98 Å². The molecule has 0 atom stereocenters. The Morgan fingerprint density at radius 1 is 1.23 bits per heavy atom. The van der Waals surface area contributed by atoms with E-state index in [4.69, 9.17) is 0 Å². The summed E-state index contributed by atoms with van der Waals surface area (Å²) in [5.74, 6) is 0.0288. The van der Waals surface area contributed by atoms with Crippen LogP contribution in [-0.4, -0.2) is 17.0 Å². The van der Waals surface area contributed by atoms with Gasteiger partial charge in [0, 0.05) is 12.5 Å². The van der Waals surface area contributed by atoms with Crippen LogP contribution >= 0.6 is 11.3 Å². The van der Waals surface area contributed by atoms with E-state index in [0.717, 1.165) is 16.6 Å². The van der Waals surface area contributed by atoms with Gasteiger partial charge in [-0.25, -0.2) is 4.98 Å². The second-order valence-corrected chi connectivity index (χ2v) is 5.93. The molecule has 0 fully saturated rings. The zero-order valence-corrected chi connectivity index (χ0v) is 13.1. The van der Waals surface area contributed by atoms with Crippen molar-refractivity contribution in [3.05, 3.63) is 58.6 Å². The van der Waals surface area contributed by atoms with Crippen molar-refractivity contribution in [2.45, 2.75) is 13.8 Å². The highest BCUT2D eigenvalue weighted by Gasteiger charge is 2.10. The average Bonchev–Trinajstić information content (AvgIpc) is 2.89. The van der Waals surface area contributed by atoms with Crippen LogP contribution in [0.2, 0.25) is 0 Å². The largest absolute Gasteiger partial charge is 0.294 e. The fourth-order valence-electron chi connectivity index (χ4n) is 2.29. The van der Waals surface area contributed by atoms with Crippen LogP contribution in [-0.2, 0) is 0 Å². The Morgan fingerprint density at radius 3 is 2.77 bits per heavy atom. The number of fused-ring (bicyclic) bond motifs is 1. The third-order valence-corrected chi connectivity index (χ3v) is 4.47. The Morgan fingerprint density at radius 2 is 2.00 bits per heavy atom. The van der Waals surface area contributed by atoms with E-state index >= 15 is 0 Å². The van der Waals surface area contributed by atoms with Gasteiger partial charge in [0.2, 0.25) is 5.13 Å². The lowest BCUT2D eigenvalue weighted by molar-refractivity contribution is 0.102. The molecule has 0 amide bonds. The number of carbonyl (C=O) groups excluding carboxylic acids is 1. The monoisotopic (exact) mass is 309 g/mol. The van der Waals surface area contributed by atoms with E-state index in [1.165, 1.54) is 16.7 Å². The Labute approximate surface area is 132 Å². The molecule has 0 aliphatic carbocycles. The first kappa shape index (κ1) is 14.4. The van der Waals surface area contributed by atoms with Crippen LogP contribution in [0.4, 0.5) is 5.13 Å². The van der Waals surface area contributed by atoms with Gasteiger partial charge in [0.05, 0.1) is 16.8 Å². The molecule has 0 saturated carbocycles. The van der Waals surface area contributed by atoms with Crippen molar-refractivity contribution in [3.8, 4) is 0 Å². The Hall–Kier alpha value is -2.53. The molecule has 3 aromatic rings. The number of carbonyl (C=O) groups is 1. The standard InChI is InChI=1S/C17H15N3OS/c1-11-16(12(2)21)22-17(19-11)20-18-10-14-8-5-7-13-6-3-4-9-15(13)14/h3-10H,1-2H3,(H,19,20). The maximum Gasteiger partial charge on any atom is 0.204 e. The second-order valence-electron chi connectivity index (χ2n) is 4.93. The number of hydrazone groups is 1. The number of nitrogens with one attached hydrogen (secondary N) is 1. The summed E-state index contributed by atoms with van der Waals surface area (Å²) in [7, 11) is 0. The van der Waals surface area contributed by atoms with E-state index in [2.05, 4.69) is 33.7 Å². The van der Waals surface area contributed by atoms with Gasteiger partial charge in [-0.15, -0.1) is 0 Å². The first-order valence-corrected chi connectivity index (χ1v) is 7.72. The highest BCUT2D eigenvalue weighted by atomic mass is 32.1. The van der Waals surface area contributed by atoms with E-state index in [0.29, 0.717) is 10.0 Å². The number of Topliss-reactive ketones (excluding diaryl/α,β-unsaturated/α-hetero) is 1. The Balaban J connectivity index is 1.82. The van der Waals surface area contributed by atoms with Gasteiger partial charge in [0.15, 0.2) is 5.78 Å². The lowest BCUT2D eigenvalue weighted by Crippen LogP contribution is -1.91. The van der Waals surface area contributed by atoms with E-state index in [1.54, 1.807) is 13.1 Å². The molecule has 0 bridgehead atoms. The van der Waals surface area contributed by atoms with Crippen molar-refractivity contribution in [3.63, 3.8) is 0 Å². The number of nitrogens with zero attached hydrogens (tertiary/aromatic N) is 2. The van der Waals surface area contributed by atoms with E-state index in [1.807, 2.05) is 31.2 Å². The van der Waals surface area contributed by atoms with Crippen LogP contribution < -0.4 is 5.43 Å². The third kappa shape index (κ3) is 2.89. The van der Waals surface area contributed by atoms with Crippen molar-refractivity contribution in [2.75, 3.05) is 5.43 Å². The SMILES string of the molecule is CC(=O)c1sc(NN=Cc2cccc3ccccc23)nc1C. The van der Waals surface area contributed by atoms with Crippen LogP contribution in [0.1, 0.15) is 27.9 Å². The molecule has 22 heavy (non-hydrogen) atoms. The third-order valence-electron chi connectivity index (χ3n) is 3.30. The van der Waals surface area contributed by atoms with E-state index in [9.17, 15) is 4.79 Å². The van der Waals surface area contributed by atoms with Crippen LogP contribution in [0.3, 0.4) is 0 Å². The normalized spacial score (nSPS) is 11.2. The minimum Gasteiger partial charge on any atom is -0.294 e. The zero-order chi connectivity index (χ0) is 15.5. The summed E-state index contributed by atoms with van der Waals surface area (Å²) in [6.07, 6.45) is 1.77. The summed E-state index contributed by atoms with van der Waals surface area (Å²) >= 11 is 1.32. The van der Waals surface area contributed by atoms with Crippen LogP contribution in [0.5, 0.6) is 0 Å². The lowest BCUT2D eigenvalue weighted by Gasteiger charge is -2.01. The molecule has 110 valence electrons. The van der Waals surface area contributed by atoms with Crippen molar-refractivity contribution < 1.29 is 4.79 Å². The number of anilines is 1. The molecular weight excluding hydrogens is 294 g/mol. The first-order chi connectivity index (χ1) is 10.6. The molecule has 0 spiro atoms. The van der Waals surface area contributed by atoms with Crippen LogP contribution in [0.15, 0.2) is 47.6 Å². The molecule has 1 N–H and O–H groups in total. The summed E-state index contributed by atoms with van der Waals surface area (Å²) in [5.41, 5.74) is 4.67. The van der Waals surface area contributed by atoms with Gasteiger partial charge in [0.1, 0.15) is 0 Å². The molecule has 4 nitrogen and oxygen atoms in total. The van der Waals surface area contributed by atoms with Crippen LogP contribution in [0, 0.1) is 6.92 Å². The molecule has 0 unspecified atom stereocenters. The van der Waals surface area contributed by atoms with E-state index in [-0.39, 0.29) is 5.78 Å². The van der Waals surface area contributed by atoms with Crippen molar-refractivity contribution >= 4 is 39.2 Å². The number of rotatable bonds is 4. The number of hydrogen-bond acceptors (Lipinski definition) is 5. The van der Waals surface area contributed by atoms with E-state index < -0.39 is 0 Å². The quantitative estimate of drug-likeness (QED) is 0.445. The molecule has 0 radical (unpaired) electrons. The maximum absolute atomic E-state index is 11.4. The highest BCUT2D eigenvalue weighted by Crippen LogP contribution is 2.23. The number of ketones is 1. The minimum absolute atomic E-state index is 0.0288. The number of aryl methyl sites for hydroxylation is 1. The van der Waals surface area contributed by atoms with Gasteiger partial charge in [0.25, 0.3) is 0 Å². The predicted octanol–water partition coefficient (Wildman–Crippen LogP) is 4.25. The summed E-state index contributed by atoms with van der Waals surface area (Å²) in [5, 5.41) is 7.19. The number of thiazole rings is 1. The fourth-order valence-corrected chi connectivity index (χ4v) is 3.10. The molecule has 2 aromatic carbocycles. The van der Waals surface area contributed by atoms with Gasteiger partial charge in [-0.2, -0.15) is 5.10 Å². The lowest BCUT2D eigenvalue weighted by atomic mass is 10.1. The second kappa shape index (κ2) is 6.07. The van der Waals surface area contributed by atoms with Crippen molar-refractivity contribution in [1.29, 1.82) is 0 Å². The number of aromatic nitrogens is 1. The van der Waals surface area contributed by atoms with Crippen molar-refractivity contribution in [2.24, 2.45) is 5.10 Å². The topological polar surface area (TPSA) is 54.4 Å². The average molecular weight is 309 g/mol. The maximum atomic E-state index is 11.4. The predicted molar refractivity (Wildman–Crippen MR) is 92.0 cm³/mol. The van der Waals surface area contributed by atoms with Gasteiger partial charge >= 0.3 is 0 Å². The molecule has 0 aliphatic rings. The molecular formula is C17H15N3OS. The summed E-state index contributed by atoms with van der Waals surface area (Å²) in [6, 6.07) is 14.3. The minimum atomic E-state index is 0.0288. The Bertz CT molecular complexity index is 862. The Kier molecular flexibility index (Phi) is 3.98. The molecule has 1 heterocycles. The molecule has 3 rings (SSSR count). The first-order valence-electron chi connectivity index (χ1n) is 6.90. The number of benzene rings is 2. The summed E-state index contributed by atoms with van der Waals surface area (Å²) in [4.78, 5) is 16.4.